The van der Waals surface area contributed by atoms with Gasteiger partial charge in [-0.15, -0.1) is 0 Å². The Morgan fingerprint density at radius 2 is 2.09 bits per heavy atom. The van der Waals surface area contributed by atoms with Crippen LogP contribution in [0.5, 0.6) is 0 Å². The molecule has 1 aliphatic heterocycles. The monoisotopic (exact) mass is 156 g/mol. The molecule has 3 heteroatoms. The fraction of sp³-hybridized carbons (Fsp3) is 0.875. The number of rotatable bonds is 2. The van der Waals surface area contributed by atoms with Crippen LogP contribution in [-0.4, -0.2) is 25.0 Å². The predicted octanol–water partition coefficient (Wildman–Crippen LogP) is 0.120. The molecule has 64 valence electrons. The van der Waals surface area contributed by atoms with E-state index in [-0.39, 0.29) is 17.4 Å². The second-order valence-corrected chi connectivity index (χ2v) is 3.79. The van der Waals surface area contributed by atoms with Crippen LogP contribution in [0.15, 0.2) is 0 Å². The molecule has 0 unspecified atom stereocenters. The minimum Gasteiger partial charge on any atom is -0.353 e. The summed E-state index contributed by atoms with van der Waals surface area (Å²) in [5.74, 6) is 0.172. The number of hydrogen-bond acceptors (Lipinski definition) is 2. The van der Waals surface area contributed by atoms with Crippen LogP contribution in [0.4, 0.5) is 0 Å². The van der Waals surface area contributed by atoms with Crippen LogP contribution in [0.2, 0.25) is 0 Å². The van der Waals surface area contributed by atoms with Crippen LogP contribution in [0.3, 0.4) is 0 Å². The van der Waals surface area contributed by atoms with Gasteiger partial charge in [0.25, 0.3) is 0 Å². The van der Waals surface area contributed by atoms with E-state index < -0.39 is 0 Å². The highest BCUT2D eigenvalue weighted by Gasteiger charge is 2.39. The lowest BCUT2D eigenvalue weighted by molar-refractivity contribution is -0.133. The summed E-state index contributed by atoms with van der Waals surface area (Å²) in [5.41, 5.74) is -0.149. The Morgan fingerprint density at radius 1 is 1.55 bits per heavy atom. The Balaban J connectivity index is 2.40. The normalized spacial score (nSPS) is 21.1. The van der Waals surface area contributed by atoms with Crippen molar-refractivity contribution in [1.82, 2.24) is 10.6 Å². The predicted molar refractivity (Wildman–Crippen MR) is 44.3 cm³/mol. The Hall–Kier alpha value is -0.570. The summed E-state index contributed by atoms with van der Waals surface area (Å²) < 4.78 is 0. The highest BCUT2D eigenvalue weighted by atomic mass is 16.2. The maximum Gasteiger partial charge on any atom is 0.228 e. The Bertz CT molecular complexity index is 161. The summed E-state index contributed by atoms with van der Waals surface area (Å²) in [7, 11) is 0. The zero-order valence-electron chi connectivity index (χ0n) is 7.40. The van der Waals surface area contributed by atoms with E-state index in [0.717, 1.165) is 13.1 Å². The van der Waals surface area contributed by atoms with E-state index in [9.17, 15) is 4.79 Å². The first kappa shape index (κ1) is 8.53. The molecule has 1 heterocycles. The van der Waals surface area contributed by atoms with E-state index >= 15 is 0 Å². The van der Waals surface area contributed by atoms with Crippen molar-refractivity contribution in [3.63, 3.8) is 0 Å². The molecular formula is C8H16N2O. The van der Waals surface area contributed by atoms with Crippen molar-refractivity contribution in [2.45, 2.75) is 26.8 Å². The molecule has 0 aliphatic carbocycles. The first-order valence-electron chi connectivity index (χ1n) is 4.06. The molecule has 0 aromatic carbocycles. The van der Waals surface area contributed by atoms with Gasteiger partial charge in [-0.25, -0.2) is 0 Å². The molecule has 0 radical (unpaired) electrons. The van der Waals surface area contributed by atoms with Gasteiger partial charge in [-0.1, -0.05) is 0 Å². The van der Waals surface area contributed by atoms with Crippen molar-refractivity contribution in [2.75, 3.05) is 13.1 Å². The van der Waals surface area contributed by atoms with Gasteiger partial charge in [0.1, 0.15) is 0 Å². The molecule has 0 saturated carbocycles. The fourth-order valence-corrected chi connectivity index (χ4v) is 1.10. The second kappa shape index (κ2) is 2.81. The van der Waals surface area contributed by atoms with E-state index in [1.807, 2.05) is 20.8 Å². The highest BCUT2D eigenvalue weighted by Crippen LogP contribution is 2.21. The molecule has 0 atom stereocenters. The van der Waals surface area contributed by atoms with Gasteiger partial charge in [-0.3, -0.25) is 4.79 Å². The summed E-state index contributed by atoms with van der Waals surface area (Å²) in [5, 5.41) is 6.00. The third-order valence-electron chi connectivity index (χ3n) is 2.00. The van der Waals surface area contributed by atoms with Gasteiger partial charge in [-0.2, -0.15) is 0 Å². The van der Waals surface area contributed by atoms with Gasteiger partial charge in [-0.05, 0) is 20.8 Å². The summed E-state index contributed by atoms with van der Waals surface area (Å²) in [4.78, 5) is 11.4. The molecule has 0 aromatic heterocycles. The standard InChI is InChI=1S/C8H16N2O/c1-6(2)10-7(11)8(3)4-9-5-8/h6,9H,4-5H2,1-3H3,(H,10,11). The highest BCUT2D eigenvalue weighted by molar-refractivity contribution is 5.83. The fourth-order valence-electron chi connectivity index (χ4n) is 1.10. The largest absolute Gasteiger partial charge is 0.353 e. The lowest BCUT2D eigenvalue weighted by atomic mass is 9.83. The van der Waals surface area contributed by atoms with E-state index in [1.54, 1.807) is 0 Å². The Kier molecular flexibility index (Phi) is 2.18. The summed E-state index contributed by atoms with van der Waals surface area (Å²) in [6, 6.07) is 0.250. The van der Waals surface area contributed by atoms with Crippen molar-refractivity contribution in [1.29, 1.82) is 0 Å². The molecule has 0 spiro atoms. The topological polar surface area (TPSA) is 41.1 Å². The lowest BCUT2D eigenvalue weighted by Gasteiger charge is -2.38. The average Bonchev–Trinajstić information content (AvgIpc) is 1.81. The lowest BCUT2D eigenvalue weighted by Crippen LogP contribution is -2.60. The van der Waals surface area contributed by atoms with Crippen molar-refractivity contribution in [3.8, 4) is 0 Å². The van der Waals surface area contributed by atoms with Gasteiger partial charge in [0.05, 0.1) is 5.41 Å². The third kappa shape index (κ3) is 1.71. The van der Waals surface area contributed by atoms with Crippen LogP contribution >= 0.6 is 0 Å². The maximum absolute atomic E-state index is 11.4. The summed E-state index contributed by atoms with van der Waals surface area (Å²) in [6.07, 6.45) is 0. The molecule has 11 heavy (non-hydrogen) atoms. The van der Waals surface area contributed by atoms with Crippen LogP contribution in [0.1, 0.15) is 20.8 Å². The summed E-state index contributed by atoms with van der Waals surface area (Å²) >= 11 is 0. The molecule has 0 aromatic rings. The SMILES string of the molecule is CC(C)NC(=O)C1(C)CNC1. The van der Waals surface area contributed by atoms with Crippen molar-refractivity contribution in [2.24, 2.45) is 5.41 Å². The first-order valence-corrected chi connectivity index (χ1v) is 4.06. The van der Waals surface area contributed by atoms with Gasteiger partial charge in [0.15, 0.2) is 0 Å². The molecule has 1 rings (SSSR count). The molecular weight excluding hydrogens is 140 g/mol. The Morgan fingerprint density at radius 3 is 2.36 bits per heavy atom. The van der Waals surface area contributed by atoms with Crippen molar-refractivity contribution >= 4 is 5.91 Å². The van der Waals surface area contributed by atoms with Gasteiger partial charge in [0, 0.05) is 19.1 Å². The molecule has 1 fully saturated rings. The van der Waals surface area contributed by atoms with Crippen molar-refractivity contribution < 1.29 is 4.79 Å². The maximum atomic E-state index is 11.4. The number of carbonyl (C=O) groups excluding carboxylic acids is 1. The molecule has 0 bridgehead atoms. The number of carbonyl (C=O) groups is 1. The van der Waals surface area contributed by atoms with Crippen molar-refractivity contribution in [3.05, 3.63) is 0 Å². The van der Waals surface area contributed by atoms with E-state index in [2.05, 4.69) is 10.6 Å². The zero-order chi connectivity index (χ0) is 8.48. The van der Waals surface area contributed by atoms with E-state index in [0.29, 0.717) is 0 Å². The number of hydrogen-bond donors (Lipinski definition) is 2. The number of amides is 1. The quantitative estimate of drug-likeness (QED) is 0.596. The molecule has 1 saturated heterocycles. The molecule has 3 nitrogen and oxygen atoms in total. The van der Waals surface area contributed by atoms with Gasteiger partial charge >= 0.3 is 0 Å². The molecule has 1 aliphatic rings. The molecule has 1 amide bonds. The van der Waals surface area contributed by atoms with Gasteiger partial charge in [0.2, 0.25) is 5.91 Å². The molecule has 2 N–H and O–H groups in total. The van der Waals surface area contributed by atoms with Crippen LogP contribution in [-0.2, 0) is 4.79 Å². The van der Waals surface area contributed by atoms with Crippen LogP contribution < -0.4 is 10.6 Å². The van der Waals surface area contributed by atoms with E-state index in [4.69, 9.17) is 0 Å². The third-order valence-corrected chi connectivity index (χ3v) is 2.00. The Labute approximate surface area is 67.5 Å². The smallest absolute Gasteiger partial charge is 0.228 e. The second-order valence-electron chi connectivity index (χ2n) is 3.79. The average molecular weight is 156 g/mol. The zero-order valence-corrected chi connectivity index (χ0v) is 7.40. The van der Waals surface area contributed by atoms with Gasteiger partial charge < -0.3 is 10.6 Å². The van der Waals surface area contributed by atoms with E-state index in [1.165, 1.54) is 0 Å². The summed E-state index contributed by atoms with van der Waals surface area (Å²) in [6.45, 7) is 7.57. The number of nitrogens with one attached hydrogen (secondary N) is 2. The van der Waals surface area contributed by atoms with Crippen LogP contribution in [0.25, 0.3) is 0 Å². The van der Waals surface area contributed by atoms with Crippen LogP contribution in [0, 0.1) is 5.41 Å². The minimum absolute atomic E-state index is 0.149. The minimum atomic E-state index is -0.149. The first-order chi connectivity index (χ1) is 5.04.